The van der Waals surface area contributed by atoms with Crippen LogP contribution in [0.5, 0.6) is 5.75 Å². The summed E-state index contributed by atoms with van der Waals surface area (Å²) in [5.74, 6) is -0.195. The van der Waals surface area contributed by atoms with Gasteiger partial charge in [-0.2, -0.15) is 5.26 Å². The Balaban J connectivity index is 1.61. The Labute approximate surface area is 175 Å². The fourth-order valence-corrected chi connectivity index (χ4v) is 2.81. The van der Waals surface area contributed by atoms with Crippen molar-refractivity contribution in [2.24, 2.45) is 0 Å². The van der Waals surface area contributed by atoms with Gasteiger partial charge in [-0.1, -0.05) is 12.1 Å². The number of carbonyl (C=O) groups excluding carboxylic acids is 2. The van der Waals surface area contributed by atoms with E-state index in [4.69, 9.17) is 14.7 Å². The van der Waals surface area contributed by atoms with Crippen LogP contribution in [0.15, 0.2) is 60.7 Å². The van der Waals surface area contributed by atoms with Gasteiger partial charge < -0.3 is 14.8 Å². The molecule has 6 nitrogen and oxygen atoms in total. The molecule has 0 unspecified atom stereocenters. The molecule has 0 aliphatic heterocycles. The Kier molecular flexibility index (Phi) is 6.03. The van der Waals surface area contributed by atoms with Crippen molar-refractivity contribution in [1.82, 2.24) is 0 Å². The number of benzene rings is 3. The van der Waals surface area contributed by atoms with Crippen LogP contribution in [-0.2, 0) is 9.53 Å². The normalized spacial score (nSPS) is 10.9. The molecule has 0 saturated heterocycles. The fraction of sp³-hybridized carbons (Fsp3) is 0.208. The van der Waals surface area contributed by atoms with Crippen molar-refractivity contribution in [3.05, 3.63) is 71.8 Å². The van der Waals surface area contributed by atoms with E-state index in [1.54, 1.807) is 69.3 Å². The van der Waals surface area contributed by atoms with Crippen LogP contribution in [0.1, 0.15) is 36.7 Å². The summed E-state index contributed by atoms with van der Waals surface area (Å²) in [6.07, 6.45) is 0. The number of hydrogen-bond acceptors (Lipinski definition) is 5. The molecule has 152 valence electrons. The third-order valence-electron chi connectivity index (χ3n) is 4.12. The van der Waals surface area contributed by atoms with Gasteiger partial charge in [0, 0.05) is 11.3 Å². The van der Waals surface area contributed by atoms with E-state index in [0.717, 1.165) is 10.8 Å². The van der Waals surface area contributed by atoms with Gasteiger partial charge in [-0.25, -0.2) is 4.79 Å². The molecule has 0 heterocycles. The van der Waals surface area contributed by atoms with Crippen LogP contribution in [0.3, 0.4) is 0 Å². The van der Waals surface area contributed by atoms with Crippen molar-refractivity contribution >= 4 is 28.3 Å². The lowest BCUT2D eigenvalue weighted by atomic mass is 10.0. The number of nitrogens with one attached hydrogen (secondary N) is 1. The number of ether oxygens (including phenoxy) is 2. The molecule has 0 bridgehead atoms. The van der Waals surface area contributed by atoms with Crippen molar-refractivity contribution in [2.45, 2.75) is 26.4 Å². The van der Waals surface area contributed by atoms with E-state index >= 15 is 0 Å². The molecular weight excluding hydrogens is 380 g/mol. The summed E-state index contributed by atoms with van der Waals surface area (Å²) in [4.78, 5) is 24.3. The first kappa shape index (κ1) is 20.9. The quantitative estimate of drug-likeness (QED) is 0.626. The van der Waals surface area contributed by atoms with Crippen LogP contribution < -0.4 is 10.1 Å². The van der Waals surface area contributed by atoms with Crippen molar-refractivity contribution in [1.29, 1.82) is 5.26 Å². The van der Waals surface area contributed by atoms with Gasteiger partial charge in [-0.15, -0.1) is 0 Å². The lowest BCUT2D eigenvalue weighted by molar-refractivity contribution is -0.157. The molecule has 3 aromatic carbocycles. The number of nitriles is 1. The molecule has 1 amide bonds. The first-order valence-corrected chi connectivity index (χ1v) is 9.43. The predicted molar refractivity (Wildman–Crippen MR) is 114 cm³/mol. The van der Waals surface area contributed by atoms with Gasteiger partial charge >= 0.3 is 5.97 Å². The van der Waals surface area contributed by atoms with Crippen LogP contribution in [0.25, 0.3) is 10.8 Å². The summed E-state index contributed by atoms with van der Waals surface area (Å²) in [6.45, 7) is 5.19. The SMILES string of the molecule is CC(C)(C)OC(=O)COc1ccc(NC(=O)c2ccc3cc(C#N)ccc3c2)cc1. The highest BCUT2D eigenvalue weighted by molar-refractivity contribution is 6.06. The van der Waals surface area contributed by atoms with Gasteiger partial charge in [0.05, 0.1) is 11.6 Å². The maximum absolute atomic E-state index is 12.6. The summed E-state index contributed by atoms with van der Waals surface area (Å²) >= 11 is 0. The van der Waals surface area contributed by atoms with E-state index in [9.17, 15) is 9.59 Å². The molecule has 6 heteroatoms. The van der Waals surface area contributed by atoms with E-state index in [2.05, 4.69) is 11.4 Å². The Morgan fingerprint density at radius 1 is 0.967 bits per heavy atom. The Morgan fingerprint density at radius 2 is 1.63 bits per heavy atom. The summed E-state index contributed by atoms with van der Waals surface area (Å²) in [6, 6.07) is 19.5. The number of carbonyl (C=O) groups is 2. The van der Waals surface area contributed by atoms with Gasteiger partial charge in [0.1, 0.15) is 11.4 Å². The molecule has 0 saturated carbocycles. The zero-order valence-corrected chi connectivity index (χ0v) is 17.1. The zero-order valence-electron chi connectivity index (χ0n) is 17.1. The second-order valence-electron chi connectivity index (χ2n) is 7.74. The van der Waals surface area contributed by atoms with Crippen LogP contribution in [0.2, 0.25) is 0 Å². The minimum absolute atomic E-state index is 0.187. The number of esters is 1. The average molecular weight is 402 g/mol. The predicted octanol–water partition coefficient (Wildman–Crippen LogP) is 4.68. The highest BCUT2D eigenvalue weighted by atomic mass is 16.6. The van der Waals surface area contributed by atoms with E-state index in [-0.39, 0.29) is 12.5 Å². The molecular formula is C24H22N2O4. The maximum atomic E-state index is 12.6. The highest BCUT2D eigenvalue weighted by Crippen LogP contribution is 2.20. The molecule has 0 aliphatic carbocycles. The molecule has 0 aliphatic rings. The van der Waals surface area contributed by atoms with Crippen LogP contribution >= 0.6 is 0 Å². The third-order valence-corrected chi connectivity index (χ3v) is 4.12. The lowest BCUT2D eigenvalue weighted by Crippen LogP contribution is -2.27. The number of rotatable bonds is 5. The molecule has 0 fully saturated rings. The van der Waals surface area contributed by atoms with Crippen LogP contribution in [-0.4, -0.2) is 24.1 Å². The minimum Gasteiger partial charge on any atom is -0.482 e. The third kappa shape index (κ3) is 5.58. The van der Waals surface area contributed by atoms with Gasteiger partial charge in [-0.3, -0.25) is 4.79 Å². The van der Waals surface area contributed by atoms with Gasteiger partial charge in [0.25, 0.3) is 5.91 Å². The number of fused-ring (bicyclic) bond motifs is 1. The van der Waals surface area contributed by atoms with Crippen molar-refractivity contribution in [2.75, 3.05) is 11.9 Å². The number of hydrogen-bond donors (Lipinski definition) is 1. The van der Waals surface area contributed by atoms with Crippen molar-refractivity contribution in [3.8, 4) is 11.8 Å². The largest absolute Gasteiger partial charge is 0.482 e. The smallest absolute Gasteiger partial charge is 0.344 e. The molecule has 30 heavy (non-hydrogen) atoms. The molecule has 3 aromatic rings. The van der Waals surface area contributed by atoms with Crippen LogP contribution in [0, 0.1) is 11.3 Å². The Bertz CT molecular complexity index is 1120. The molecule has 0 radical (unpaired) electrons. The summed E-state index contributed by atoms with van der Waals surface area (Å²) in [5.41, 5.74) is 1.13. The minimum atomic E-state index is -0.560. The summed E-state index contributed by atoms with van der Waals surface area (Å²) in [5, 5.41) is 13.6. The highest BCUT2D eigenvalue weighted by Gasteiger charge is 2.16. The lowest BCUT2D eigenvalue weighted by Gasteiger charge is -2.19. The number of amides is 1. The monoisotopic (exact) mass is 402 g/mol. The van der Waals surface area contributed by atoms with E-state index in [1.807, 2.05) is 12.1 Å². The number of anilines is 1. The standard InChI is InChI=1S/C24H22N2O4/c1-24(2,3)30-22(27)15-29-21-10-8-20(9-11-21)26-23(28)19-7-6-17-12-16(14-25)4-5-18(17)13-19/h4-13H,15H2,1-3H3,(H,26,28). The first-order valence-electron chi connectivity index (χ1n) is 9.43. The second kappa shape index (κ2) is 8.66. The van der Waals surface area contributed by atoms with E-state index < -0.39 is 11.6 Å². The van der Waals surface area contributed by atoms with E-state index in [0.29, 0.717) is 22.6 Å². The van der Waals surface area contributed by atoms with Gasteiger partial charge in [-0.05, 0) is 80.1 Å². The molecule has 0 aromatic heterocycles. The summed E-state index contributed by atoms with van der Waals surface area (Å²) < 4.78 is 10.6. The van der Waals surface area contributed by atoms with Gasteiger partial charge in [0.15, 0.2) is 6.61 Å². The maximum Gasteiger partial charge on any atom is 0.344 e. The summed E-state index contributed by atoms with van der Waals surface area (Å²) in [7, 11) is 0. The Morgan fingerprint density at radius 3 is 2.30 bits per heavy atom. The topological polar surface area (TPSA) is 88.4 Å². The fourth-order valence-electron chi connectivity index (χ4n) is 2.81. The van der Waals surface area contributed by atoms with Crippen molar-refractivity contribution < 1.29 is 19.1 Å². The molecule has 1 N–H and O–H groups in total. The average Bonchev–Trinajstić information content (AvgIpc) is 2.71. The molecule has 3 rings (SSSR count). The van der Waals surface area contributed by atoms with Gasteiger partial charge in [0.2, 0.25) is 0 Å². The van der Waals surface area contributed by atoms with E-state index in [1.165, 1.54) is 0 Å². The number of nitrogens with zero attached hydrogens (tertiary/aromatic N) is 1. The zero-order chi connectivity index (χ0) is 21.7. The molecule has 0 spiro atoms. The van der Waals surface area contributed by atoms with Crippen molar-refractivity contribution in [3.63, 3.8) is 0 Å². The second-order valence-corrected chi connectivity index (χ2v) is 7.74. The molecule has 0 atom stereocenters. The first-order chi connectivity index (χ1) is 14.2. The van der Waals surface area contributed by atoms with Crippen LogP contribution in [0.4, 0.5) is 5.69 Å². The Hall–Kier alpha value is -3.85.